The van der Waals surface area contributed by atoms with Gasteiger partial charge in [-0.05, 0) is 39.8 Å². The van der Waals surface area contributed by atoms with Crippen LogP contribution in [0.2, 0.25) is 0 Å². The van der Waals surface area contributed by atoms with Gasteiger partial charge in [-0.3, -0.25) is 0 Å². The van der Waals surface area contributed by atoms with Crippen LogP contribution in [0.25, 0.3) is 0 Å². The van der Waals surface area contributed by atoms with Crippen molar-refractivity contribution >= 4 is 9.84 Å². The molecular formula is C13H26N2O2S. The van der Waals surface area contributed by atoms with E-state index in [0.717, 1.165) is 19.4 Å². The van der Waals surface area contributed by atoms with E-state index in [4.69, 9.17) is 0 Å². The average molecular weight is 274 g/mol. The summed E-state index contributed by atoms with van der Waals surface area (Å²) in [5.41, 5.74) is 0.302. The lowest BCUT2D eigenvalue weighted by atomic mass is 9.95. The van der Waals surface area contributed by atoms with Crippen LogP contribution in [-0.2, 0) is 9.84 Å². The Morgan fingerprint density at radius 1 is 1.17 bits per heavy atom. The quantitative estimate of drug-likeness (QED) is 0.832. The van der Waals surface area contributed by atoms with Crippen molar-refractivity contribution in [1.29, 1.82) is 0 Å². The Kier molecular flexibility index (Phi) is 4.34. The molecule has 2 fully saturated rings. The summed E-state index contributed by atoms with van der Waals surface area (Å²) in [6, 6.07) is 0.394. The SMILES string of the molecule is CN(C)C1(CNC2CCS(=O)(=O)CC2)CCCC1. The van der Waals surface area contributed by atoms with Gasteiger partial charge < -0.3 is 10.2 Å². The second-order valence-electron chi connectivity index (χ2n) is 6.13. The maximum atomic E-state index is 11.4. The molecule has 0 radical (unpaired) electrons. The Balaban J connectivity index is 1.84. The van der Waals surface area contributed by atoms with Crippen LogP contribution in [0.4, 0.5) is 0 Å². The third kappa shape index (κ3) is 3.25. The van der Waals surface area contributed by atoms with Crippen molar-refractivity contribution in [2.45, 2.75) is 50.1 Å². The van der Waals surface area contributed by atoms with Gasteiger partial charge in [-0.25, -0.2) is 8.42 Å². The van der Waals surface area contributed by atoms with Crippen molar-refractivity contribution in [2.75, 3.05) is 32.1 Å². The lowest BCUT2D eigenvalue weighted by Gasteiger charge is -2.38. The molecule has 5 heteroatoms. The highest BCUT2D eigenvalue weighted by atomic mass is 32.2. The van der Waals surface area contributed by atoms with Crippen LogP contribution in [0.15, 0.2) is 0 Å². The second-order valence-corrected chi connectivity index (χ2v) is 8.44. The molecule has 0 aromatic carbocycles. The van der Waals surface area contributed by atoms with Gasteiger partial charge in [-0.15, -0.1) is 0 Å². The molecule has 1 saturated heterocycles. The Morgan fingerprint density at radius 3 is 2.22 bits per heavy atom. The second kappa shape index (κ2) is 5.47. The zero-order valence-electron chi connectivity index (χ0n) is 11.6. The molecule has 1 aliphatic heterocycles. The minimum Gasteiger partial charge on any atom is -0.312 e. The van der Waals surface area contributed by atoms with E-state index >= 15 is 0 Å². The zero-order chi connectivity index (χ0) is 13.2. The van der Waals surface area contributed by atoms with Crippen molar-refractivity contribution in [1.82, 2.24) is 10.2 Å². The number of nitrogens with one attached hydrogen (secondary N) is 1. The van der Waals surface area contributed by atoms with E-state index in [2.05, 4.69) is 24.3 Å². The fourth-order valence-electron chi connectivity index (χ4n) is 3.24. The maximum absolute atomic E-state index is 11.4. The minimum atomic E-state index is -2.73. The molecule has 0 unspecified atom stereocenters. The first-order chi connectivity index (χ1) is 8.44. The van der Waals surface area contributed by atoms with Crippen LogP contribution >= 0.6 is 0 Å². The molecule has 1 N–H and O–H groups in total. The smallest absolute Gasteiger partial charge is 0.150 e. The van der Waals surface area contributed by atoms with Gasteiger partial charge in [0.05, 0.1) is 11.5 Å². The molecule has 0 amide bonds. The van der Waals surface area contributed by atoms with Crippen molar-refractivity contribution in [3.63, 3.8) is 0 Å². The molecule has 0 aromatic heterocycles. The molecule has 1 saturated carbocycles. The first-order valence-corrected chi connectivity index (χ1v) is 8.87. The third-order valence-corrected chi connectivity index (χ3v) is 6.47. The lowest BCUT2D eigenvalue weighted by Crippen LogP contribution is -2.52. The molecule has 0 spiro atoms. The molecular weight excluding hydrogens is 248 g/mol. The molecule has 0 bridgehead atoms. The van der Waals surface area contributed by atoms with Crippen LogP contribution in [0.3, 0.4) is 0 Å². The van der Waals surface area contributed by atoms with Gasteiger partial charge in [0.15, 0.2) is 0 Å². The Labute approximate surface area is 111 Å². The van der Waals surface area contributed by atoms with Gasteiger partial charge in [-0.1, -0.05) is 12.8 Å². The molecule has 0 aromatic rings. The van der Waals surface area contributed by atoms with Gasteiger partial charge in [0.2, 0.25) is 0 Å². The maximum Gasteiger partial charge on any atom is 0.150 e. The number of hydrogen-bond donors (Lipinski definition) is 1. The molecule has 1 heterocycles. The molecule has 2 rings (SSSR count). The summed E-state index contributed by atoms with van der Waals surface area (Å²) < 4.78 is 22.8. The minimum absolute atomic E-state index is 0.302. The summed E-state index contributed by atoms with van der Waals surface area (Å²) in [5, 5.41) is 3.62. The Morgan fingerprint density at radius 2 is 1.72 bits per heavy atom. The molecule has 106 valence electrons. The number of nitrogens with zero attached hydrogens (tertiary/aromatic N) is 1. The van der Waals surface area contributed by atoms with E-state index in [1.165, 1.54) is 25.7 Å². The van der Waals surface area contributed by atoms with Crippen LogP contribution in [0.1, 0.15) is 38.5 Å². The van der Waals surface area contributed by atoms with E-state index in [-0.39, 0.29) is 0 Å². The number of sulfone groups is 1. The largest absolute Gasteiger partial charge is 0.312 e. The standard InChI is InChI=1S/C13H26N2O2S/c1-15(2)13(7-3-4-8-13)11-14-12-5-9-18(16,17)10-6-12/h12,14H,3-11H2,1-2H3. The van der Waals surface area contributed by atoms with Crippen LogP contribution in [-0.4, -0.2) is 57.0 Å². The van der Waals surface area contributed by atoms with Crippen molar-refractivity contribution < 1.29 is 8.42 Å². The van der Waals surface area contributed by atoms with Crippen LogP contribution in [0, 0.1) is 0 Å². The summed E-state index contributed by atoms with van der Waals surface area (Å²) in [7, 11) is 1.60. The van der Waals surface area contributed by atoms with E-state index in [1.54, 1.807) is 0 Å². The summed E-state index contributed by atoms with van der Waals surface area (Å²) in [4.78, 5) is 2.35. The van der Waals surface area contributed by atoms with Crippen molar-refractivity contribution in [3.8, 4) is 0 Å². The number of likely N-dealkylation sites (N-methyl/N-ethyl adjacent to an activating group) is 1. The summed E-state index contributed by atoms with van der Waals surface area (Å²) in [6.07, 6.45) is 6.73. The normalized spacial score (nSPS) is 27.7. The highest BCUT2D eigenvalue weighted by molar-refractivity contribution is 7.91. The Bertz CT molecular complexity index is 358. The number of rotatable bonds is 4. The predicted molar refractivity (Wildman–Crippen MR) is 74.6 cm³/mol. The molecule has 0 atom stereocenters. The van der Waals surface area contributed by atoms with Crippen LogP contribution < -0.4 is 5.32 Å². The summed E-state index contributed by atoms with van der Waals surface area (Å²) in [6.45, 7) is 1.00. The number of hydrogen-bond acceptors (Lipinski definition) is 4. The van der Waals surface area contributed by atoms with Gasteiger partial charge in [0.1, 0.15) is 9.84 Å². The van der Waals surface area contributed by atoms with Gasteiger partial charge in [-0.2, -0.15) is 0 Å². The molecule has 2 aliphatic rings. The average Bonchev–Trinajstić information content (AvgIpc) is 2.78. The van der Waals surface area contributed by atoms with Crippen LogP contribution in [0.5, 0.6) is 0 Å². The van der Waals surface area contributed by atoms with Crippen molar-refractivity contribution in [3.05, 3.63) is 0 Å². The monoisotopic (exact) mass is 274 g/mol. The highest BCUT2D eigenvalue weighted by Crippen LogP contribution is 2.33. The van der Waals surface area contributed by atoms with E-state index in [1.807, 2.05) is 0 Å². The van der Waals surface area contributed by atoms with Gasteiger partial charge >= 0.3 is 0 Å². The van der Waals surface area contributed by atoms with E-state index < -0.39 is 9.84 Å². The lowest BCUT2D eigenvalue weighted by molar-refractivity contribution is 0.148. The zero-order valence-corrected chi connectivity index (χ0v) is 12.4. The van der Waals surface area contributed by atoms with E-state index in [0.29, 0.717) is 23.1 Å². The fourth-order valence-corrected chi connectivity index (χ4v) is 4.74. The molecule has 18 heavy (non-hydrogen) atoms. The fraction of sp³-hybridized carbons (Fsp3) is 1.00. The van der Waals surface area contributed by atoms with Crippen molar-refractivity contribution in [2.24, 2.45) is 0 Å². The first kappa shape index (κ1) is 14.3. The molecule has 4 nitrogen and oxygen atoms in total. The summed E-state index contributed by atoms with van der Waals surface area (Å²) >= 11 is 0. The van der Waals surface area contributed by atoms with Gasteiger partial charge in [0, 0.05) is 18.1 Å². The predicted octanol–water partition coefficient (Wildman–Crippen LogP) is 1.03. The van der Waals surface area contributed by atoms with Gasteiger partial charge in [0.25, 0.3) is 0 Å². The topological polar surface area (TPSA) is 49.4 Å². The summed E-state index contributed by atoms with van der Waals surface area (Å²) in [5.74, 6) is 0.721. The Hall–Kier alpha value is -0.130. The highest BCUT2D eigenvalue weighted by Gasteiger charge is 2.36. The van der Waals surface area contributed by atoms with E-state index in [9.17, 15) is 8.42 Å². The third-order valence-electron chi connectivity index (χ3n) is 4.76. The molecule has 1 aliphatic carbocycles. The first-order valence-electron chi connectivity index (χ1n) is 7.05.